The van der Waals surface area contributed by atoms with Crippen LogP contribution in [0.15, 0.2) is 23.1 Å². The van der Waals surface area contributed by atoms with E-state index in [9.17, 15) is 26.0 Å². The van der Waals surface area contributed by atoms with E-state index in [2.05, 4.69) is 0 Å². The number of hydrogen-bond donors (Lipinski definition) is 2. The molecule has 0 aliphatic heterocycles. The number of alkyl halides is 3. The second kappa shape index (κ2) is 6.74. The molecule has 0 aromatic heterocycles. The van der Waals surface area contributed by atoms with Gasteiger partial charge in [0.25, 0.3) is 0 Å². The van der Waals surface area contributed by atoms with Crippen LogP contribution in [0.25, 0.3) is 0 Å². The average Bonchev–Trinajstić information content (AvgIpc) is 2.34. The molecule has 20 heavy (non-hydrogen) atoms. The summed E-state index contributed by atoms with van der Waals surface area (Å²) >= 11 is -0.347. The molecular weight excluding hydrogens is 322 g/mol. The first-order valence-corrected chi connectivity index (χ1v) is 7.72. The maximum Gasteiger partial charge on any atom is 0.441 e. The molecule has 1 rings (SSSR count). The van der Waals surface area contributed by atoms with Crippen LogP contribution in [0, 0.1) is 5.82 Å². The summed E-state index contributed by atoms with van der Waals surface area (Å²) in [6.07, 6.45) is 0. The van der Waals surface area contributed by atoms with Crippen molar-refractivity contribution in [3.8, 4) is 0 Å². The Morgan fingerprint density at radius 2 is 1.95 bits per heavy atom. The molecule has 0 aliphatic carbocycles. The summed E-state index contributed by atoms with van der Waals surface area (Å²) in [5, 5.41) is 8.83. The lowest BCUT2D eigenvalue weighted by molar-refractivity contribution is -0.0327. The van der Waals surface area contributed by atoms with Crippen molar-refractivity contribution in [3.63, 3.8) is 0 Å². The van der Waals surface area contributed by atoms with Crippen molar-refractivity contribution in [1.82, 2.24) is 4.72 Å². The van der Waals surface area contributed by atoms with E-state index < -0.39 is 40.3 Å². The molecular formula is C10H11F4NO3S2. The second-order valence-electron chi connectivity index (χ2n) is 3.60. The molecule has 0 saturated carbocycles. The fourth-order valence-corrected chi connectivity index (χ4v) is 2.91. The van der Waals surface area contributed by atoms with E-state index in [0.717, 1.165) is 18.2 Å². The topological polar surface area (TPSA) is 66.4 Å². The van der Waals surface area contributed by atoms with Gasteiger partial charge in [0.1, 0.15) is 5.82 Å². The Kier molecular flexibility index (Phi) is 5.80. The van der Waals surface area contributed by atoms with Gasteiger partial charge in [-0.3, -0.25) is 0 Å². The van der Waals surface area contributed by atoms with Crippen LogP contribution in [0.3, 0.4) is 0 Å². The van der Waals surface area contributed by atoms with Crippen LogP contribution in [-0.2, 0) is 16.6 Å². The summed E-state index contributed by atoms with van der Waals surface area (Å²) in [6.45, 7) is -1.10. The van der Waals surface area contributed by atoms with Crippen LogP contribution < -0.4 is 4.72 Å². The predicted molar refractivity (Wildman–Crippen MR) is 66.0 cm³/mol. The Morgan fingerprint density at radius 3 is 2.50 bits per heavy atom. The van der Waals surface area contributed by atoms with Crippen LogP contribution in [-0.4, -0.2) is 31.3 Å². The zero-order chi connectivity index (χ0) is 15.4. The van der Waals surface area contributed by atoms with E-state index in [4.69, 9.17) is 5.11 Å². The molecule has 4 nitrogen and oxygen atoms in total. The summed E-state index contributed by atoms with van der Waals surface area (Å²) in [5.74, 6) is -1.24. The van der Waals surface area contributed by atoms with Crippen LogP contribution in [0.5, 0.6) is 0 Å². The third-order valence-electron chi connectivity index (χ3n) is 2.16. The average molecular weight is 333 g/mol. The standard InChI is InChI=1S/C10H11F4NO3S2/c11-9-2-1-8(5-7(9)6-16)20(17,18)15-3-4-19-10(12,13)14/h1-2,5,15-16H,3-4,6H2. The SMILES string of the molecule is O=S(=O)(NCCSC(F)(F)F)c1ccc(F)c(CO)c1. The first-order chi connectivity index (χ1) is 9.15. The van der Waals surface area contributed by atoms with E-state index in [1.165, 1.54) is 0 Å². The van der Waals surface area contributed by atoms with E-state index in [0.29, 0.717) is 0 Å². The Morgan fingerprint density at radius 1 is 1.30 bits per heavy atom. The molecule has 0 bridgehead atoms. The minimum Gasteiger partial charge on any atom is -0.392 e. The van der Waals surface area contributed by atoms with Gasteiger partial charge in [-0.25, -0.2) is 17.5 Å². The number of benzene rings is 1. The number of rotatable bonds is 6. The molecule has 0 aliphatic rings. The molecule has 0 atom stereocenters. The first kappa shape index (κ1) is 17.2. The number of thioether (sulfide) groups is 1. The van der Waals surface area contributed by atoms with E-state index in [-0.39, 0.29) is 22.2 Å². The maximum absolute atomic E-state index is 13.1. The van der Waals surface area contributed by atoms with Gasteiger partial charge in [-0.1, -0.05) is 0 Å². The van der Waals surface area contributed by atoms with Crippen molar-refractivity contribution in [2.45, 2.75) is 17.0 Å². The molecule has 0 unspecified atom stereocenters. The third-order valence-corrected chi connectivity index (χ3v) is 4.35. The number of sulfonamides is 1. The summed E-state index contributed by atoms with van der Waals surface area (Å²) in [5.41, 5.74) is -4.64. The lowest BCUT2D eigenvalue weighted by Gasteiger charge is -2.09. The van der Waals surface area contributed by atoms with Gasteiger partial charge in [-0.15, -0.1) is 0 Å². The van der Waals surface area contributed by atoms with Crippen LogP contribution in [0.4, 0.5) is 17.6 Å². The van der Waals surface area contributed by atoms with Crippen LogP contribution in [0.2, 0.25) is 0 Å². The molecule has 0 amide bonds. The summed E-state index contributed by atoms with van der Waals surface area (Å²) in [7, 11) is -4.04. The van der Waals surface area contributed by atoms with Gasteiger partial charge < -0.3 is 5.11 Å². The fraction of sp³-hybridized carbons (Fsp3) is 0.400. The predicted octanol–water partition coefficient (Wildman–Crippen LogP) is 1.85. The lowest BCUT2D eigenvalue weighted by Crippen LogP contribution is -2.27. The zero-order valence-electron chi connectivity index (χ0n) is 9.95. The van der Waals surface area contributed by atoms with Crippen molar-refractivity contribution in [2.75, 3.05) is 12.3 Å². The van der Waals surface area contributed by atoms with Crippen molar-refractivity contribution in [1.29, 1.82) is 0 Å². The van der Waals surface area contributed by atoms with Gasteiger partial charge in [-0.2, -0.15) is 13.2 Å². The number of nitrogens with one attached hydrogen (secondary N) is 1. The highest BCUT2D eigenvalue weighted by molar-refractivity contribution is 8.00. The Bertz CT molecular complexity index is 560. The Hall–Kier alpha value is -0.840. The molecule has 0 saturated heterocycles. The lowest BCUT2D eigenvalue weighted by atomic mass is 10.2. The molecule has 114 valence electrons. The summed E-state index contributed by atoms with van der Waals surface area (Å²) < 4.78 is 74.1. The summed E-state index contributed by atoms with van der Waals surface area (Å²) in [4.78, 5) is -0.319. The van der Waals surface area contributed by atoms with Crippen molar-refractivity contribution >= 4 is 21.8 Å². The first-order valence-electron chi connectivity index (χ1n) is 5.25. The van der Waals surface area contributed by atoms with Crippen molar-refractivity contribution < 1.29 is 31.1 Å². The quantitative estimate of drug-likeness (QED) is 0.616. The van der Waals surface area contributed by atoms with E-state index in [1.807, 2.05) is 4.72 Å². The highest BCUT2D eigenvalue weighted by atomic mass is 32.2. The van der Waals surface area contributed by atoms with Gasteiger partial charge in [-0.05, 0) is 30.0 Å². The molecule has 0 spiro atoms. The second-order valence-corrected chi connectivity index (χ2v) is 6.53. The van der Waals surface area contributed by atoms with E-state index >= 15 is 0 Å². The van der Waals surface area contributed by atoms with Gasteiger partial charge in [0.15, 0.2) is 0 Å². The van der Waals surface area contributed by atoms with Gasteiger partial charge in [0, 0.05) is 17.9 Å². The Labute approximate surface area is 117 Å². The minimum absolute atomic E-state index is 0.211. The normalized spacial score (nSPS) is 12.7. The monoisotopic (exact) mass is 333 g/mol. The molecule has 0 radical (unpaired) electrons. The highest BCUT2D eigenvalue weighted by Crippen LogP contribution is 2.29. The maximum atomic E-state index is 13.1. The highest BCUT2D eigenvalue weighted by Gasteiger charge is 2.27. The summed E-state index contributed by atoms with van der Waals surface area (Å²) in [6, 6.07) is 2.76. The van der Waals surface area contributed by atoms with E-state index in [1.54, 1.807) is 0 Å². The molecule has 1 aromatic carbocycles. The van der Waals surface area contributed by atoms with Gasteiger partial charge >= 0.3 is 5.51 Å². The molecule has 10 heteroatoms. The van der Waals surface area contributed by atoms with Crippen LogP contribution in [0.1, 0.15) is 5.56 Å². The van der Waals surface area contributed by atoms with Crippen molar-refractivity contribution in [2.24, 2.45) is 0 Å². The number of halogens is 4. The van der Waals surface area contributed by atoms with Gasteiger partial charge in [0.2, 0.25) is 10.0 Å². The van der Waals surface area contributed by atoms with Crippen molar-refractivity contribution in [3.05, 3.63) is 29.6 Å². The minimum atomic E-state index is -4.43. The number of aliphatic hydroxyl groups is 1. The third kappa shape index (κ3) is 5.27. The molecule has 0 heterocycles. The number of hydrogen-bond acceptors (Lipinski definition) is 4. The number of aliphatic hydroxyl groups excluding tert-OH is 1. The largest absolute Gasteiger partial charge is 0.441 e. The molecule has 2 N–H and O–H groups in total. The van der Waals surface area contributed by atoms with Crippen LogP contribution >= 0.6 is 11.8 Å². The van der Waals surface area contributed by atoms with Gasteiger partial charge in [0.05, 0.1) is 11.5 Å². The molecule has 0 fully saturated rings. The molecule has 1 aromatic rings. The zero-order valence-corrected chi connectivity index (χ0v) is 11.6. The smallest absolute Gasteiger partial charge is 0.392 e. The fourth-order valence-electron chi connectivity index (χ4n) is 1.27. The Balaban J connectivity index is 2.69.